The van der Waals surface area contributed by atoms with E-state index in [1.165, 1.54) is 12.1 Å². The van der Waals surface area contributed by atoms with E-state index in [2.05, 4.69) is 5.32 Å². The highest BCUT2D eigenvalue weighted by Crippen LogP contribution is 2.20. The first-order valence-corrected chi connectivity index (χ1v) is 7.62. The van der Waals surface area contributed by atoms with Crippen molar-refractivity contribution >= 4 is 27.3 Å². The molecule has 2 aromatic carbocycles. The summed E-state index contributed by atoms with van der Waals surface area (Å²) in [6, 6.07) is 10.7. The summed E-state index contributed by atoms with van der Waals surface area (Å²) in [5.41, 5.74) is 7.65. The Morgan fingerprint density at radius 1 is 1.10 bits per heavy atom. The number of benzene rings is 2. The van der Waals surface area contributed by atoms with E-state index in [1.54, 1.807) is 37.3 Å². The van der Waals surface area contributed by atoms with Gasteiger partial charge in [0.2, 0.25) is 10.0 Å². The molecule has 6 nitrogen and oxygen atoms in total. The van der Waals surface area contributed by atoms with Crippen molar-refractivity contribution in [3.8, 4) is 0 Å². The Bertz CT molecular complexity index is 784. The summed E-state index contributed by atoms with van der Waals surface area (Å²) in [6.07, 6.45) is 0. The number of nitrogens with two attached hydrogens (primary N) is 2. The lowest BCUT2D eigenvalue weighted by Crippen LogP contribution is -2.15. The maximum absolute atomic E-state index is 12.1. The van der Waals surface area contributed by atoms with Gasteiger partial charge >= 0.3 is 0 Å². The predicted octanol–water partition coefficient (Wildman–Crippen LogP) is 1.48. The van der Waals surface area contributed by atoms with Gasteiger partial charge in [0.05, 0.1) is 4.90 Å². The molecule has 0 unspecified atom stereocenters. The standard InChI is InChI=1S/C14H15N3O3S/c1-9-2-7-12(21(16,19)20)8-13(9)17-14(18)10-3-5-11(15)6-4-10/h2-8H,15H2,1H3,(H,17,18)(H2,16,19,20). The second-order valence-electron chi connectivity index (χ2n) is 4.60. The Morgan fingerprint density at radius 3 is 2.29 bits per heavy atom. The minimum absolute atomic E-state index is 0.0549. The molecule has 0 bridgehead atoms. The van der Waals surface area contributed by atoms with Crippen LogP contribution >= 0.6 is 0 Å². The van der Waals surface area contributed by atoms with E-state index >= 15 is 0 Å². The average Bonchev–Trinajstić information content (AvgIpc) is 2.40. The van der Waals surface area contributed by atoms with Crippen molar-refractivity contribution in [2.75, 3.05) is 11.1 Å². The summed E-state index contributed by atoms with van der Waals surface area (Å²) >= 11 is 0. The fourth-order valence-corrected chi connectivity index (χ4v) is 2.28. The van der Waals surface area contributed by atoms with E-state index in [-0.39, 0.29) is 10.8 Å². The Balaban J connectivity index is 2.31. The zero-order chi connectivity index (χ0) is 15.6. The second kappa shape index (κ2) is 5.55. The number of nitrogens with one attached hydrogen (secondary N) is 1. The fraction of sp³-hybridized carbons (Fsp3) is 0.0714. The molecule has 0 atom stereocenters. The highest BCUT2D eigenvalue weighted by Gasteiger charge is 2.12. The number of amides is 1. The average molecular weight is 305 g/mol. The van der Waals surface area contributed by atoms with Crippen LogP contribution in [0.15, 0.2) is 47.4 Å². The Kier molecular flexibility index (Phi) is 3.97. The summed E-state index contributed by atoms with van der Waals surface area (Å²) in [5, 5.41) is 7.74. The van der Waals surface area contributed by atoms with Crippen LogP contribution in [0.4, 0.5) is 11.4 Å². The summed E-state index contributed by atoms with van der Waals surface area (Å²) in [7, 11) is -3.82. The van der Waals surface area contributed by atoms with Crippen LogP contribution in [0.1, 0.15) is 15.9 Å². The zero-order valence-electron chi connectivity index (χ0n) is 11.3. The largest absolute Gasteiger partial charge is 0.399 e. The molecule has 0 aliphatic rings. The maximum atomic E-state index is 12.1. The number of anilines is 2. The molecule has 2 aromatic rings. The quantitative estimate of drug-likeness (QED) is 0.745. The van der Waals surface area contributed by atoms with E-state index in [9.17, 15) is 13.2 Å². The zero-order valence-corrected chi connectivity index (χ0v) is 12.1. The third-order valence-electron chi connectivity index (χ3n) is 2.96. The first kappa shape index (κ1) is 15.0. The van der Waals surface area contributed by atoms with E-state index in [4.69, 9.17) is 10.9 Å². The molecule has 0 saturated heterocycles. The Morgan fingerprint density at radius 2 is 1.71 bits per heavy atom. The topological polar surface area (TPSA) is 115 Å². The number of primary sulfonamides is 1. The molecule has 7 heteroatoms. The summed E-state index contributed by atoms with van der Waals surface area (Å²) in [6.45, 7) is 1.76. The number of carbonyl (C=O) groups excluding carboxylic acids is 1. The van der Waals surface area contributed by atoms with E-state index in [0.29, 0.717) is 16.9 Å². The van der Waals surface area contributed by atoms with Gasteiger partial charge in [-0.3, -0.25) is 4.79 Å². The number of carbonyl (C=O) groups is 1. The van der Waals surface area contributed by atoms with Gasteiger partial charge in [0, 0.05) is 16.9 Å². The lowest BCUT2D eigenvalue weighted by atomic mass is 10.1. The number of sulfonamides is 1. The molecule has 2 rings (SSSR count). The molecule has 110 valence electrons. The lowest BCUT2D eigenvalue weighted by molar-refractivity contribution is 0.102. The van der Waals surface area contributed by atoms with E-state index in [1.807, 2.05) is 0 Å². The summed E-state index contributed by atoms with van der Waals surface area (Å²) < 4.78 is 22.7. The Labute approximate surface area is 122 Å². The molecule has 0 heterocycles. The van der Waals surface area contributed by atoms with Gasteiger partial charge in [0.25, 0.3) is 5.91 Å². The SMILES string of the molecule is Cc1ccc(S(N)(=O)=O)cc1NC(=O)c1ccc(N)cc1. The van der Waals surface area contributed by atoms with Gasteiger partial charge in [-0.05, 0) is 48.9 Å². The van der Waals surface area contributed by atoms with Crippen LogP contribution in [-0.4, -0.2) is 14.3 Å². The van der Waals surface area contributed by atoms with Gasteiger partial charge in [-0.25, -0.2) is 13.6 Å². The first-order valence-electron chi connectivity index (χ1n) is 6.08. The molecule has 0 fully saturated rings. The van der Waals surface area contributed by atoms with Crippen molar-refractivity contribution in [2.24, 2.45) is 5.14 Å². The molecule has 5 N–H and O–H groups in total. The van der Waals surface area contributed by atoms with Crippen LogP contribution in [0.5, 0.6) is 0 Å². The number of hydrogen-bond acceptors (Lipinski definition) is 4. The minimum Gasteiger partial charge on any atom is -0.399 e. The minimum atomic E-state index is -3.82. The number of rotatable bonds is 3. The number of hydrogen-bond donors (Lipinski definition) is 3. The molecule has 0 saturated carbocycles. The van der Waals surface area contributed by atoms with Crippen LogP contribution in [0, 0.1) is 6.92 Å². The van der Waals surface area contributed by atoms with Gasteiger partial charge in [-0.15, -0.1) is 0 Å². The maximum Gasteiger partial charge on any atom is 0.255 e. The molecule has 1 amide bonds. The van der Waals surface area contributed by atoms with Crippen molar-refractivity contribution in [3.63, 3.8) is 0 Å². The van der Waals surface area contributed by atoms with Crippen molar-refractivity contribution in [2.45, 2.75) is 11.8 Å². The molecule has 0 spiro atoms. The van der Waals surface area contributed by atoms with Crippen molar-refractivity contribution in [1.82, 2.24) is 0 Å². The van der Waals surface area contributed by atoms with E-state index < -0.39 is 10.0 Å². The summed E-state index contributed by atoms with van der Waals surface area (Å²) in [5.74, 6) is -0.357. The van der Waals surface area contributed by atoms with Gasteiger partial charge in [-0.1, -0.05) is 6.07 Å². The summed E-state index contributed by atoms with van der Waals surface area (Å²) in [4.78, 5) is 12.1. The van der Waals surface area contributed by atoms with Crippen LogP contribution in [0.25, 0.3) is 0 Å². The van der Waals surface area contributed by atoms with Crippen LogP contribution in [0.3, 0.4) is 0 Å². The number of nitrogen functional groups attached to an aromatic ring is 1. The van der Waals surface area contributed by atoms with Gasteiger partial charge in [0.15, 0.2) is 0 Å². The third kappa shape index (κ3) is 3.59. The lowest BCUT2D eigenvalue weighted by Gasteiger charge is -2.10. The third-order valence-corrected chi connectivity index (χ3v) is 3.87. The van der Waals surface area contributed by atoms with Crippen molar-refractivity contribution in [1.29, 1.82) is 0 Å². The molecule has 0 aliphatic carbocycles. The van der Waals surface area contributed by atoms with Crippen molar-refractivity contribution < 1.29 is 13.2 Å². The highest BCUT2D eigenvalue weighted by atomic mass is 32.2. The molecule has 21 heavy (non-hydrogen) atoms. The molecule has 0 aromatic heterocycles. The fourth-order valence-electron chi connectivity index (χ4n) is 1.74. The predicted molar refractivity (Wildman–Crippen MR) is 81.4 cm³/mol. The Hall–Kier alpha value is -2.38. The first-order chi connectivity index (χ1) is 9.77. The molecular formula is C14H15N3O3S. The van der Waals surface area contributed by atoms with Crippen LogP contribution in [-0.2, 0) is 10.0 Å². The van der Waals surface area contributed by atoms with Crippen LogP contribution in [0.2, 0.25) is 0 Å². The van der Waals surface area contributed by atoms with Gasteiger partial charge in [0.1, 0.15) is 0 Å². The molecule has 0 radical (unpaired) electrons. The number of aryl methyl sites for hydroxylation is 1. The molecule has 0 aliphatic heterocycles. The second-order valence-corrected chi connectivity index (χ2v) is 6.16. The molecular weight excluding hydrogens is 290 g/mol. The van der Waals surface area contributed by atoms with Gasteiger partial charge < -0.3 is 11.1 Å². The highest BCUT2D eigenvalue weighted by molar-refractivity contribution is 7.89. The van der Waals surface area contributed by atoms with Gasteiger partial charge in [-0.2, -0.15) is 0 Å². The van der Waals surface area contributed by atoms with Crippen molar-refractivity contribution in [3.05, 3.63) is 53.6 Å². The monoisotopic (exact) mass is 305 g/mol. The van der Waals surface area contributed by atoms with E-state index in [0.717, 1.165) is 5.56 Å². The smallest absolute Gasteiger partial charge is 0.255 e. The normalized spacial score (nSPS) is 11.1. The van der Waals surface area contributed by atoms with Crippen LogP contribution < -0.4 is 16.2 Å².